The van der Waals surface area contributed by atoms with Crippen LogP contribution in [0.1, 0.15) is 264 Å². The number of aliphatic hydroxyl groups is 5. The van der Waals surface area contributed by atoms with E-state index in [-0.39, 0.29) is 12.5 Å². The number of hydrogen-bond acceptors (Lipinski definition) is 8. The molecule has 0 aliphatic carbocycles. The first-order chi connectivity index (χ1) is 41.3. The third-order valence-electron chi connectivity index (χ3n) is 15.1. The monoisotopic (exact) mass is 1170 g/mol. The van der Waals surface area contributed by atoms with Gasteiger partial charge in [-0.05, 0) is 116 Å². The fourth-order valence-electron chi connectivity index (χ4n) is 9.83. The minimum atomic E-state index is -1.59. The van der Waals surface area contributed by atoms with E-state index < -0.39 is 49.5 Å². The van der Waals surface area contributed by atoms with Crippen molar-refractivity contribution in [3.05, 3.63) is 146 Å². The highest BCUT2D eigenvalue weighted by atomic mass is 16.7. The molecular weight excluding hydrogens is 1040 g/mol. The Hall–Kier alpha value is -3.93. The van der Waals surface area contributed by atoms with Crippen molar-refractivity contribution in [1.29, 1.82) is 0 Å². The van der Waals surface area contributed by atoms with E-state index in [2.05, 4.69) is 153 Å². The van der Waals surface area contributed by atoms with Gasteiger partial charge in [-0.25, -0.2) is 0 Å². The lowest BCUT2D eigenvalue weighted by molar-refractivity contribution is -0.302. The van der Waals surface area contributed by atoms with E-state index in [1.165, 1.54) is 122 Å². The normalized spacial score (nSPS) is 19.2. The van der Waals surface area contributed by atoms with Crippen molar-refractivity contribution in [2.45, 2.75) is 307 Å². The Morgan fingerprint density at radius 3 is 1.14 bits per heavy atom. The Morgan fingerprint density at radius 2 is 0.750 bits per heavy atom. The Bertz CT molecular complexity index is 1830. The summed E-state index contributed by atoms with van der Waals surface area (Å²) in [5, 5.41) is 54.7. The van der Waals surface area contributed by atoms with Gasteiger partial charge in [-0.1, -0.05) is 288 Å². The Morgan fingerprint density at radius 1 is 0.417 bits per heavy atom. The van der Waals surface area contributed by atoms with E-state index in [4.69, 9.17) is 9.47 Å². The van der Waals surface area contributed by atoms with Crippen molar-refractivity contribution < 1.29 is 39.8 Å². The first-order valence-electron chi connectivity index (χ1n) is 34.1. The van der Waals surface area contributed by atoms with Crippen LogP contribution in [0.15, 0.2) is 146 Å². The second-order valence-corrected chi connectivity index (χ2v) is 22.9. The molecule has 6 N–H and O–H groups in total. The molecule has 1 aliphatic rings. The number of aliphatic hydroxyl groups excluding tert-OH is 5. The van der Waals surface area contributed by atoms with Crippen LogP contribution in [-0.4, -0.2) is 87.5 Å². The number of allylic oxidation sites excluding steroid dienone is 23. The van der Waals surface area contributed by atoms with E-state index in [0.29, 0.717) is 6.42 Å². The number of hydrogen-bond donors (Lipinski definition) is 6. The van der Waals surface area contributed by atoms with E-state index >= 15 is 0 Å². The zero-order chi connectivity index (χ0) is 60.7. The highest BCUT2D eigenvalue weighted by Gasteiger charge is 2.44. The number of amides is 1. The fourth-order valence-corrected chi connectivity index (χ4v) is 9.83. The standard InChI is InChI=1S/C75H125NO8/c1-3-5-7-9-11-13-15-17-19-21-23-25-27-29-30-31-32-33-34-35-36-37-38-39-40-41-43-45-47-49-51-53-55-57-59-61-63-65-71(79)76-68(67-83-75-74(82)73(81)72(80)70(66-77)84-75)69(78)64-62-60-58-56-54-52-50-48-46-44-42-28-26-24-22-20-18-16-14-12-10-8-6-4-2/h5,7,11,13,17,19,23,25,29-30,32-33,35-36,38-39,41,43,46,48,54,56,62,64,68-70,72-75,77-78,80-82H,3-4,6,8-10,12,14-16,18,20-22,24,26-28,31,34,37,40,42,44-45,47,49-53,55,57-61,63,65-67H2,1-2H3,(H,76,79)/b7-5-,13-11-,19-17-,25-23-,30-29-,33-32-,36-35-,39-38-,43-41-,48-46+,56-54+,64-62+. The van der Waals surface area contributed by atoms with E-state index in [0.717, 1.165) is 122 Å². The Labute approximate surface area is 514 Å². The molecule has 0 spiro atoms. The average Bonchev–Trinajstić information content (AvgIpc) is 3.70. The van der Waals surface area contributed by atoms with Crippen LogP contribution in [0, 0.1) is 0 Å². The van der Waals surface area contributed by atoms with Crippen LogP contribution in [0.5, 0.6) is 0 Å². The molecule has 0 saturated carbocycles. The summed E-state index contributed by atoms with van der Waals surface area (Å²) in [6.07, 6.45) is 89.3. The summed E-state index contributed by atoms with van der Waals surface area (Å²) in [5.74, 6) is -0.202. The Kier molecular flexibility index (Phi) is 57.8. The molecular formula is C75H125NO8. The quantitative estimate of drug-likeness (QED) is 0.0261. The summed E-state index contributed by atoms with van der Waals surface area (Å²) in [7, 11) is 0. The average molecular weight is 1170 g/mol. The van der Waals surface area contributed by atoms with Gasteiger partial charge in [-0.15, -0.1) is 0 Å². The van der Waals surface area contributed by atoms with Crippen molar-refractivity contribution in [2.24, 2.45) is 0 Å². The number of unbranched alkanes of at least 4 members (excludes halogenated alkanes) is 25. The number of carbonyl (C=O) groups is 1. The maximum absolute atomic E-state index is 13.1. The molecule has 1 saturated heterocycles. The maximum atomic E-state index is 13.1. The van der Waals surface area contributed by atoms with Crippen LogP contribution in [0.25, 0.3) is 0 Å². The fraction of sp³-hybridized carbons (Fsp3) is 0.667. The lowest BCUT2D eigenvalue weighted by atomic mass is 9.99. The van der Waals surface area contributed by atoms with Crippen molar-refractivity contribution >= 4 is 5.91 Å². The van der Waals surface area contributed by atoms with Gasteiger partial charge < -0.3 is 40.3 Å². The van der Waals surface area contributed by atoms with Gasteiger partial charge in [-0.2, -0.15) is 0 Å². The molecule has 1 amide bonds. The molecule has 1 aliphatic heterocycles. The van der Waals surface area contributed by atoms with E-state index in [1.807, 2.05) is 6.08 Å². The molecule has 0 aromatic rings. The predicted molar refractivity (Wildman–Crippen MR) is 359 cm³/mol. The SMILES string of the molecule is CC/C=C\C/C=C\C/C=C\C/C=C\C/C=C\C/C=C\C/C=C\C/C=C\C/C=C\CCCCCCCCCCCC(=O)NC(COC1OC(CO)C(O)C(O)C1O)C(O)/C=C/CC/C=C/CC/C=C/CCCCCCCCCCCCCCCC. The van der Waals surface area contributed by atoms with Crippen LogP contribution in [0.3, 0.4) is 0 Å². The molecule has 9 heteroatoms. The van der Waals surface area contributed by atoms with Crippen molar-refractivity contribution in [1.82, 2.24) is 5.32 Å². The molecule has 7 unspecified atom stereocenters. The second kappa shape index (κ2) is 62.1. The smallest absolute Gasteiger partial charge is 0.220 e. The molecule has 7 atom stereocenters. The van der Waals surface area contributed by atoms with Crippen molar-refractivity contribution in [2.75, 3.05) is 13.2 Å². The van der Waals surface area contributed by atoms with Crippen LogP contribution < -0.4 is 5.32 Å². The highest BCUT2D eigenvalue weighted by molar-refractivity contribution is 5.76. The van der Waals surface area contributed by atoms with Gasteiger partial charge in [0, 0.05) is 6.42 Å². The van der Waals surface area contributed by atoms with Crippen LogP contribution in [0.4, 0.5) is 0 Å². The first kappa shape index (κ1) is 78.1. The minimum absolute atomic E-state index is 0.202. The third-order valence-corrected chi connectivity index (χ3v) is 15.1. The van der Waals surface area contributed by atoms with E-state index in [9.17, 15) is 30.3 Å². The van der Waals surface area contributed by atoms with Crippen molar-refractivity contribution in [3.63, 3.8) is 0 Å². The number of rotatable bonds is 57. The highest BCUT2D eigenvalue weighted by Crippen LogP contribution is 2.23. The van der Waals surface area contributed by atoms with E-state index in [1.54, 1.807) is 6.08 Å². The lowest BCUT2D eigenvalue weighted by Crippen LogP contribution is -2.60. The molecule has 0 bridgehead atoms. The zero-order valence-corrected chi connectivity index (χ0v) is 53.4. The summed E-state index contributed by atoms with van der Waals surface area (Å²) in [6.45, 7) is 3.65. The summed E-state index contributed by atoms with van der Waals surface area (Å²) in [6, 6.07) is -0.844. The maximum Gasteiger partial charge on any atom is 0.220 e. The molecule has 9 nitrogen and oxygen atoms in total. The van der Waals surface area contributed by atoms with Gasteiger partial charge in [0.2, 0.25) is 5.91 Å². The largest absolute Gasteiger partial charge is 0.394 e. The molecule has 1 rings (SSSR count). The molecule has 0 aromatic heterocycles. The molecule has 478 valence electrons. The second-order valence-electron chi connectivity index (χ2n) is 22.9. The molecule has 0 aromatic carbocycles. The summed E-state index contributed by atoms with van der Waals surface area (Å²) in [4.78, 5) is 13.1. The summed E-state index contributed by atoms with van der Waals surface area (Å²) in [5.41, 5.74) is 0. The van der Waals surface area contributed by atoms with Crippen LogP contribution in [0.2, 0.25) is 0 Å². The number of ether oxygens (including phenoxy) is 2. The molecule has 1 fully saturated rings. The van der Waals surface area contributed by atoms with Gasteiger partial charge in [0.15, 0.2) is 6.29 Å². The topological polar surface area (TPSA) is 149 Å². The van der Waals surface area contributed by atoms with Crippen LogP contribution >= 0.6 is 0 Å². The van der Waals surface area contributed by atoms with Crippen LogP contribution in [-0.2, 0) is 14.3 Å². The lowest BCUT2D eigenvalue weighted by Gasteiger charge is -2.40. The minimum Gasteiger partial charge on any atom is -0.394 e. The number of nitrogens with one attached hydrogen (secondary N) is 1. The first-order valence-corrected chi connectivity index (χ1v) is 34.1. The molecule has 84 heavy (non-hydrogen) atoms. The predicted octanol–water partition coefficient (Wildman–Crippen LogP) is 18.6. The number of carbonyl (C=O) groups excluding carboxylic acids is 1. The van der Waals surface area contributed by atoms with Gasteiger partial charge in [0.05, 0.1) is 25.4 Å². The molecule has 1 heterocycles. The third kappa shape index (κ3) is 50.2. The van der Waals surface area contributed by atoms with Crippen molar-refractivity contribution in [3.8, 4) is 0 Å². The molecule has 0 radical (unpaired) electrons. The Balaban J connectivity index is 2.20. The summed E-state index contributed by atoms with van der Waals surface area (Å²) < 4.78 is 11.3. The van der Waals surface area contributed by atoms with Gasteiger partial charge in [-0.3, -0.25) is 4.79 Å². The van der Waals surface area contributed by atoms with Gasteiger partial charge >= 0.3 is 0 Å². The van der Waals surface area contributed by atoms with Gasteiger partial charge in [0.25, 0.3) is 0 Å². The van der Waals surface area contributed by atoms with Gasteiger partial charge in [0.1, 0.15) is 24.4 Å². The summed E-state index contributed by atoms with van der Waals surface area (Å²) >= 11 is 0. The zero-order valence-electron chi connectivity index (χ0n) is 53.4.